The van der Waals surface area contributed by atoms with Crippen LogP contribution in [0.3, 0.4) is 0 Å². The van der Waals surface area contributed by atoms with Gasteiger partial charge in [0.25, 0.3) is 5.91 Å². The van der Waals surface area contributed by atoms with Crippen LogP contribution in [-0.4, -0.2) is 59.6 Å². The Morgan fingerprint density at radius 2 is 1.86 bits per heavy atom. The molecule has 2 aliphatic rings. The summed E-state index contributed by atoms with van der Waals surface area (Å²) < 4.78 is 5.63. The van der Waals surface area contributed by atoms with E-state index in [0.29, 0.717) is 22.5 Å². The average molecular weight is 508 g/mol. The van der Waals surface area contributed by atoms with Gasteiger partial charge in [-0.2, -0.15) is 0 Å². The first-order valence-corrected chi connectivity index (χ1v) is 13.4. The average Bonchev–Trinajstić information content (AvgIpc) is 3.43. The Morgan fingerprint density at radius 3 is 2.58 bits per heavy atom. The first-order valence-electron chi connectivity index (χ1n) is 13.0. The minimum atomic E-state index is -0.249. The number of fused-ring (bicyclic) bond motifs is 1. The largest absolute Gasteiger partial charge is 0.482 e. The van der Waals surface area contributed by atoms with E-state index in [0.717, 1.165) is 47.6 Å². The van der Waals surface area contributed by atoms with Crippen LogP contribution in [0, 0.1) is 6.92 Å². The molecule has 1 amide bonds. The molecule has 36 heavy (non-hydrogen) atoms. The lowest BCUT2D eigenvalue weighted by molar-refractivity contribution is -0.118. The molecule has 2 aliphatic heterocycles. The van der Waals surface area contributed by atoms with Crippen LogP contribution in [0.2, 0.25) is 5.02 Å². The van der Waals surface area contributed by atoms with Gasteiger partial charge in [0, 0.05) is 30.2 Å². The zero-order chi connectivity index (χ0) is 25.1. The SMILES string of the molecule is CCc1ccc(OCC(=O)Nc2ccc3nc(N4CCC(N5CCCC5)CC4)nc(C)c3c2)c(Cl)c1. The van der Waals surface area contributed by atoms with E-state index in [-0.39, 0.29) is 12.5 Å². The fraction of sp³-hybridized carbons (Fsp3) is 0.464. The van der Waals surface area contributed by atoms with Gasteiger partial charge in [0.2, 0.25) is 5.95 Å². The van der Waals surface area contributed by atoms with Crippen molar-refractivity contribution in [3.63, 3.8) is 0 Å². The van der Waals surface area contributed by atoms with E-state index >= 15 is 0 Å². The van der Waals surface area contributed by atoms with E-state index in [1.165, 1.54) is 38.8 Å². The number of aryl methyl sites for hydroxylation is 2. The molecule has 1 N–H and O–H groups in total. The topological polar surface area (TPSA) is 70.6 Å². The van der Waals surface area contributed by atoms with Crippen molar-refractivity contribution < 1.29 is 9.53 Å². The molecule has 7 nitrogen and oxygen atoms in total. The van der Waals surface area contributed by atoms with E-state index in [4.69, 9.17) is 26.3 Å². The number of hydrogen-bond acceptors (Lipinski definition) is 6. The van der Waals surface area contributed by atoms with Crippen LogP contribution in [0.15, 0.2) is 36.4 Å². The van der Waals surface area contributed by atoms with Gasteiger partial charge in [-0.15, -0.1) is 0 Å². The number of aromatic nitrogens is 2. The number of hydrogen-bond donors (Lipinski definition) is 1. The van der Waals surface area contributed by atoms with Crippen LogP contribution in [0.5, 0.6) is 5.75 Å². The van der Waals surface area contributed by atoms with Crippen molar-refractivity contribution in [2.24, 2.45) is 0 Å². The summed E-state index contributed by atoms with van der Waals surface area (Å²) in [5.41, 5.74) is 3.61. The maximum Gasteiger partial charge on any atom is 0.262 e. The predicted molar refractivity (Wildman–Crippen MR) is 145 cm³/mol. The number of carbonyl (C=O) groups excluding carboxylic acids is 1. The van der Waals surface area contributed by atoms with Gasteiger partial charge in [0.1, 0.15) is 5.75 Å². The molecule has 0 bridgehead atoms. The van der Waals surface area contributed by atoms with Crippen LogP contribution in [0.25, 0.3) is 10.9 Å². The first kappa shape index (κ1) is 24.8. The van der Waals surface area contributed by atoms with Gasteiger partial charge in [0.15, 0.2) is 6.61 Å². The molecule has 0 aliphatic carbocycles. The van der Waals surface area contributed by atoms with Crippen molar-refractivity contribution in [3.05, 3.63) is 52.7 Å². The molecule has 3 heterocycles. The third-order valence-electron chi connectivity index (χ3n) is 7.33. The molecule has 190 valence electrons. The lowest BCUT2D eigenvalue weighted by Gasteiger charge is -2.36. The van der Waals surface area contributed by atoms with E-state index in [1.54, 1.807) is 6.07 Å². The predicted octanol–water partition coefficient (Wildman–Crippen LogP) is 5.24. The Labute approximate surface area is 217 Å². The molecule has 0 spiro atoms. The molecule has 1 aromatic heterocycles. The van der Waals surface area contributed by atoms with E-state index in [1.807, 2.05) is 37.3 Å². The quantitative estimate of drug-likeness (QED) is 0.472. The molecule has 0 atom stereocenters. The second kappa shape index (κ2) is 11.0. The van der Waals surface area contributed by atoms with E-state index < -0.39 is 0 Å². The fourth-order valence-electron chi connectivity index (χ4n) is 5.24. The third-order valence-corrected chi connectivity index (χ3v) is 7.62. The fourth-order valence-corrected chi connectivity index (χ4v) is 5.50. The molecular weight excluding hydrogens is 474 g/mol. The second-order valence-corrected chi connectivity index (χ2v) is 10.2. The van der Waals surface area contributed by atoms with Crippen molar-refractivity contribution in [2.45, 2.75) is 52.0 Å². The van der Waals surface area contributed by atoms with Crippen molar-refractivity contribution in [2.75, 3.05) is 43.0 Å². The Hall–Kier alpha value is -2.90. The number of nitrogens with one attached hydrogen (secondary N) is 1. The van der Waals surface area contributed by atoms with Crippen molar-refractivity contribution in [3.8, 4) is 5.75 Å². The lowest BCUT2D eigenvalue weighted by Crippen LogP contribution is -2.44. The monoisotopic (exact) mass is 507 g/mol. The summed E-state index contributed by atoms with van der Waals surface area (Å²) in [5, 5.41) is 4.35. The number of rotatable bonds is 7. The molecule has 2 saturated heterocycles. The maximum absolute atomic E-state index is 12.5. The molecule has 8 heteroatoms. The smallest absolute Gasteiger partial charge is 0.262 e. The third kappa shape index (κ3) is 5.57. The van der Waals surface area contributed by atoms with Gasteiger partial charge >= 0.3 is 0 Å². The summed E-state index contributed by atoms with van der Waals surface area (Å²) in [6.45, 7) is 8.43. The molecule has 5 rings (SSSR count). The summed E-state index contributed by atoms with van der Waals surface area (Å²) in [6.07, 6.45) is 5.90. The van der Waals surface area contributed by atoms with E-state index in [9.17, 15) is 4.79 Å². The Kier molecular flexibility index (Phi) is 7.58. The number of piperidine rings is 1. The highest BCUT2D eigenvalue weighted by molar-refractivity contribution is 6.32. The zero-order valence-corrected chi connectivity index (χ0v) is 21.9. The molecule has 2 fully saturated rings. The number of amides is 1. The number of likely N-dealkylation sites (tertiary alicyclic amines) is 1. The highest BCUT2D eigenvalue weighted by atomic mass is 35.5. The molecule has 3 aromatic rings. The van der Waals surface area contributed by atoms with Gasteiger partial charge in [-0.1, -0.05) is 24.6 Å². The molecular formula is C28H34ClN5O2. The minimum Gasteiger partial charge on any atom is -0.482 e. The summed E-state index contributed by atoms with van der Waals surface area (Å²) >= 11 is 6.26. The molecule has 0 unspecified atom stereocenters. The summed E-state index contributed by atoms with van der Waals surface area (Å²) in [6, 6.07) is 12.1. The highest BCUT2D eigenvalue weighted by Crippen LogP contribution is 2.28. The van der Waals surface area contributed by atoms with Gasteiger partial charge < -0.3 is 19.9 Å². The Morgan fingerprint density at radius 1 is 1.08 bits per heavy atom. The summed E-state index contributed by atoms with van der Waals surface area (Å²) in [5.74, 6) is 1.06. The summed E-state index contributed by atoms with van der Waals surface area (Å²) in [7, 11) is 0. The van der Waals surface area contributed by atoms with Crippen molar-refractivity contribution in [1.82, 2.24) is 14.9 Å². The van der Waals surface area contributed by atoms with Crippen LogP contribution < -0.4 is 15.0 Å². The van der Waals surface area contributed by atoms with Crippen LogP contribution in [-0.2, 0) is 11.2 Å². The Balaban J connectivity index is 1.21. The number of carbonyl (C=O) groups is 1. The summed E-state index contributed by atoms with van der Waals surface area (Å²) in [4.78, 5) is 27.1. The number of ether oxygens (including phenoxy) is 1. The maximum atomic E-state index is 12.5. The van der Waals surface area contributed by atoms with E-state index in [2.05, 4.69) is 22.0 Å². The number of halogens is 1. The standard InChI is InChI=1S/C28H34ClN5O2/c1-3-20-6-9-26(24(29)16-20)36-18-27(35)31-21-7-8-25-23(17-21)19(2)30-28(32-25)34-14-10-22(11-15-34)33-12-4-5-13-33/h6-9,16-17,22H,3-5,10-15,18H2,1-2H3,(H,31,35). The van der Waals surface area contributed by atoms with Crippen LogP contribution >= 0.6 is 11.6 Å². The molecule has 0 saturated carbocycles. The van der Waals surface area contributed by atoms with Gasteiger partial charge in [-0.25, -0.2) is 9.97 Å². The van der Waals surface area contributed by atoms with Crippen molar-refractivity contribution in [1.29, 1.82) is 0 Å². The number of benzene rings is 2. The Bertz CT molecular complexity index is 1240. The molecule has 0 radical (unpaired) electrons. The zero-order valence-electron chi connectivity index (χ0n) is 21.1. The van der Waals surface area contributed by atoms with Gasteiger partial charge in [-0.3, -0.25) is 4.79 Å². The number of anilines is 2. The van der Waals surface area contributed by atoms with Crippen LogP contribution in [0.4, 0.5) is 11.6 Å². The van der Waals surface area contributed by atoms with Crippen molar-refractivity contribution >= 4 is 40.0 Å². The van der Waals surface area contributed by atoms with Gasteiger partial charge in [-0.05, 0) is 88.0 Å². The first-order chi connectivity index (χ1) is 17.5. The number of nitrogens with zero attached hydrogens (tertiary/aromatic N) is 4. The molecule has 2 aromatic carbocycles. The van der Waals surface area contributed by atoms with Crippen LogP contribution in [0.1, 0.15) is 43.9 Å². The normalized spacial score (nSPS) is 17.0. The van der Waals surface area contributed by atoms with Gasteiger partial charge in [0.05, 0.1) is 16.2 Å². The lowest BCUT2D eigenvalue weighted by atomic mass is 10.0. The minimum absolute atomic E-state index is 0.120. The second-order valence-electron chi connectivity index (χ2n) is 9.76. The highest BCUT2D eigenvalue weighted by Gasteiger charge is 2.27.